The van der Waals surface area contributed by atoms with Gasteiger partial charge in [0.05, 0.1) is 10.6 Å². The van der Waals surface area contributed by atoms with E-state index in [-0.39, 0.29) is 17.3 Å². The molecule has 1 N–H and O–H groups in total. The zero-order chi connectivity index (χ0) is 22.4. The molecule has 0 heterocycles. The van der Waals surface area contributed by atoms with E-state index in [1.165, 1.54) is 4.31 Å². The molecule has 0 spiro atoms. The fourth-order valence-electron chi connectivity index (χ4n) is 3.38. The van der Waals surface area contributed by atoms with E-state index in [4.69, 9.17) is 0 Å². The molecule has 162 valence electrons. The van der Waals surface area contributed by atoms with Crippen molar-refractivity contribution < 1.29 is 13.2 Å². The van der Waals surface area contributed by atoms with E-state index in [2.05, 4.69) is 5.32 Å². The number of benzene rings is 3. The van der Waals surface area contributed by atoms with Crippen LogP contribution in [0.25, 0.3) is 0 Å². The minimum absolute atomic E-state index is 0.163. The van der Waals surface area contributed by atoms with Crippen LogP contribution in [0.1, 0.15) is 29.2 Å². The smallest absolute Gasteiger partial charge is 0.264 e. The molecule has 0 aromatic heterocycles. The van der Waals surface area contributed by atoms with Gasteiger partial charge in [0, 0.05) is 6.54 Å². The summed E-state index contributed by atoms with van der Waals surface area (Å²) >= 11 is 0. The summed E-state index contributed by atoms with van der Waals surface area (Å²) < 4.78 is 28.3. The predicted octanol–water partition coefficient (Wildman–Crippen LogP) is 4.38. The van der Waals surface area contributed by atoms with Gasteiger partial charge >= 0.3 is 0 Å². The van der Waals surface area contributed by atoms with Crippen molar-refractivity contribution in [3.05, 3.63) is 95.1 Å². The molecule has 3 aromatic rings. The number of para-hydroxylation sites is 1. The highest BCUT2D eigenvalue weighted by Crippen LogP contribution is 2.27. The fourth-order valence-corrected chi connectivity index (χ4v) is 4.84. The van der Waals surface area contributed by atoms with Crippen LogP contribution in [0.3, 0.4) is 0 Å². The summed E-state index contributed by atoms with van der Waals surface area (Å²) in [5, 5.41) is 2.87. The first kappa shape index (κ1) is 22.6. The summed E-state index contributed by atoms with van der Waals surface area (Å²) in [6.45, 7) is 5.90. The molecule has 3 rings (SSSR count). The number of hydrogen-bond acceptors (Lipinski definition) is 3. The van der Waals surface area contributed by atoms with E-state index in [1.807, 2.05) is 57.2 Å². The second kappa shape index (κ2) is 9.79. The molecule has 0 aliphatic carbocycles. The molecule has 0 saturated carbocycles. The lowest BCUT2D eigenvalue weighted by Crippen LogP contribution is -2.41. The molecule has 5 nitrogen and oxygen atoms in total. The van der Waals surface area contributed by atoms with E-state index >= 15 is 0 Å². The number of nitrogens with one attached hydrogen (secondary N) is 1. The Balaban J connectivity index is 1.91. The highest BCUT2D eigenvalue weighted by Gasteiger charge is 2.28. The Bertz CT molecular complexity index is 1160. The summed E-state index contributed by atoms with van der Waals surface area (Å²) in [6.07, 6.45) is 0.654. The maximum absolute atomic E-state index is 13.5. The first-order valence-electron chi connectivity index (χ1n) is 10.3. The average molecular weight is 437 g/mol. The first-order chi connectivity index (χ1) is 14.8. The van der Waals surface area contributed by atoms with Crippen LogP contribution in [0.2, 0.25) is 0 Å². The first-order valence-corrected chi connectivity index (χ1v) is 11.8. The Kier molecular flexibility index (Phi) is 7.13. The van der Waals surface area contributed by atoms with Gasteiger partial charge in [-0.2, -0.15) is 0 Å². The van der Waals surface area contributed by atoms with E-state index in [1.54, 1.807) is 36.4 Å². The number of rotatable bonds is 8. The summed E-state index contributed by atoms with van der Waals surface area (Å²) in [5.41, 5.74) is 4.43. The summed E-state index contributed by atoms with van der Waals surface area (Å²) in [7, 11) is -3.92. The zero-order valence-electron chi connectivity index (χ0n) is 18.1. The lowest BCUT2D eigenvalue weighted by atomic mass is 10.1. The predicted molar refractivity (Wildman–Crippen MR) is 125 cm³/mol. The molecule has 0 bridgehead atoms. The minimum atomic E-state index is -3.92. The van der Waals surface area contributed by atoms with Crippen molar-refractivity contribution in [3.8, 4) is 0 Å². The third-order valence-corrected chi connectivity index (χ3v) is 7.05. The largest absolute Gasteiger partial charge is 0.350 e. The molecule has 0 fully saturated rings. The second-order valence-electron chi connectivity index (χ2n) is 7.51. The van der Waals surface area contributed by atoms with Gasteiger partial charge in [-0.25, -0.2) is 8.42 Å². The number of carbonyl (C=O) groups excluding carboxylic acids is 1. The molecule has 0 atom stereocenters. The number of amides is 1. The fraction of sp³-hybridized carbons (Fsp3) is 0.240. The number of carbonyl (C=O) groups is 1. The summed E-state index contributed by atoms with van der Waals surface area (Å²) in [5.74, 6) is -0.357. The maximum Gasteiger partial charge on any atom is 0.264 e. The van der Waals surface area contributed by atoms with Gasteiger partial charge in [-0.3, -0.25) is 9.10 Å². The van der Waals surface area contributed by atoms with Crippen molar-refractivity contribution >= 4 is 21.6 Å². The number of hydrogen-bond donors (Lipinski definition) is 1. The van der Waals surface area contributed by atoms with Gasteiger partial charge in [-0.1, -0.05) is 67.1 Å². The minimum Gasteiger partial charge on any atom is -0.350 e. The van der Waals surface area contributed by atoms with Crippen molar-refractivity contribution in [1.82, 2.24) is 5.32 Å². The van der Waals surface area contributed by atoms with Crippen molar-refractivity contribution in [2.75, 3.05) is 10.8 Å². The second-order valence-corrected chi connectivity index (χ2v) is 9.37. The molecule has 6 heteroatoms. The van der Waals surface area contributed by atoms with Gasteiger partial charge in [-0.15, -0.1) is 0 Å². The third kappa shape index (κ3) is 5.33. The monoisotopic (exact) mass is 436 g/mol. The van der Waals surface area contributed by atoms with Crippen LogP contribution in [0, 0.1) is 13.8 Å². The van der Waals surface area contributed by atoms with Crippen molar-refractivity contribution in [2.24, 2.45) is 0 Å². The number of nitrogens with zero attached hydrogens (tertiary/aromatic N) is 1. The van der Waals surface area contributed by atoms with Crippen LogP contribution in [0.15, 0.2) is 77.7 Å². The lowest BCUT2D eigenvalue weighted by molar-refractivity contribution is -0.119. The van der Waals surface area contributed by atoms with Crippen LogP contribution >= 0.6 is 0 Å². The lowest BCUT2D eigenvalue weighted by Gasteiger charge is -2.26. The number of aryl methyl sites for hydroxylation is 3. The Hall–Kier alpha value is -3.12. The van der Waals surface area contributed by atoms with Crippen LogP contribution in [0.5, 0.6) is 0 Å². The molecule has 0 unspecified atom stereocenters. The van der Waals surface area contributed by atoms with Crippen molar-refractivity contribution in [2.45, 2.75) is 38.6 Å². The summed E-state index contributed by atoms with van der Waals surface area (Å²) in [4.78, 5) is 13.0. The van der Waals surface area contributed by atoms with Crippen molar-refractivity contribution in [3.63, 3.8) is 0 Å². The number of anilines is 1. The van der Waals surface area contributed by atoms with E-state index in [9.17, 15) is 13.2 Å². The van der Waals surface area contributed by atoms with Crippen molar-refractivity contribution in [1.29, 1.82) is 0 Å². The van der Waals surface area contributed by atoms with Gasteiger partial charge in [-0.05, 0) is 55.2 Å². The molecule has 0 saturated heterocycles. The van der Waals surface area contributed by atoms with Gasteiger partial charge < -0.3 is 5.32 Å². The summed E-state index contributed by atoms with van der Waals surface area (Å²) in [6, 6.07) is 21.8. The topological polar surface area (TPSA) is 66.5 Å². The van der Waals surface area contributed by atoms with Gasteiger partial charge in [0.2, 0.25) is 5.91 Å². The van der Waals surface area contributed by atoms with Gasteiger partial charge in [0.25, 0.3) is 10.0 Å². The van der Waals surface area contributed by atoms with Gasteiger partial charge in [0.1, 0.15) is 6.54 Å². The Morgan fingerprint density at radius 1 is 0.871 bits per heavy atom. The Morgan fingerprint density at radius 3 is 2.13 bits per heavy atom. The average Bonchev–Trinajstić information content (AvgIpc) is 2.77. The molecular weight excluding hydrogens is 408 g/mol. The Labute approximate surface area is 184 Å². The van der Waals surface area contributed by atoms with Crippen LogP contribution in [0.4, 0.5) is 5.69 Å². The third-order valence-electron chi connectivity index (χ3n) is 5.27. The van der Waals surface area contributed by atoms with Gasteiger partial charge in [0.15, 0.2) is 0 Å². The maximum atomic E-state index is 13.5. The van der Waals surface area contributed by atoms with E-state index < -0.39 is 10.0 Å². The number of sulfonamides is 1. The Morgan fingerprint density at radius 2 is 1.48 bits per heavy atom. The van der Waals surface area contributed by atoms with Crippen LogP contribution in [-0.2, 0) is 27.8 Å². The SMILES string of the molecule is CCc1ccccc1N(CC(=O)NCc1ccccc1C)S(=O)(=O)c1ccc(C)cc1. The molecule has 1 amide bonds. The highest BCUT2D eigenvalue weighted by molar-refractivity contribution is 7.92. The molecule has 0 aliphatic heterocycles. The molecule has 0 aliphatic rings. The van der Waals surface area contributed by atoms with Crippen LogP contribution in [-0.4, -0.2) is 20.9 Å². The normalized spacial score (nSPS) is 11.2. The van der Waals surface area contributed by atoms with Crippen LogP contribution < -0.4 is 9.62 Å². The highest BCUT2D eigenvalue weighted by atomic mass is 32.2. The zero-order valence-corrected chi connectivity index (χ0v) is 18.9. The molecule has 31 heavy (non-hydrogen) atoms. The van der Waals surface area contributed by atoms with E-state index in [0.717, 1.165) is 22.3 Å². The van der Waals surface area contributed by atoms with E-state index in [0.29, 0.717) is 18.7 Å². The molecule has 3 aromatic carbocycles. The standard InChI is InChI=1S/C25H28N2O3S/c1-4-21-10-7-8-12-24(21)27(31(29,30)23-15-13-19(2)14-16-23)18-25(28)26-17-22-11-6-5-9-20(22)3/h5-16H,4,17-18H2,1-3H3,(H,26,28). The quantitative estimate of drug-likeness (QED) is 0.570. The molecule has 0 radical (unpaired) electrons. The molecular formula is C25H28N2O3S.